The summed E-state index contributed by atoms with van der Waals surface area (Å²) < 4.78 is 43.5. The van der Waals surface area contributed by atoms with Crippen LogP contribution in [0.25, 0.3) is 0 Å². The Morgan fingerprint density at radius 1 is 0.914 bits per heavy atom. The van der Waals surface area contributed by atoms with E-state index in [1.165, 1.54) is 52.8 Å². The summed E-state index contributed by atoms with van der Waals surface area (Å²) in [5, 5.41) is 17.3. The number of nitrogens with two attached hydrogens (primary N) is 2. The molecular weight excluding hydrogens is 1540 g/mol. The number of ether oxygens (including phenoxy) is 1. The molecule has 2 aromatic heterocycles. The van der Waals surface area contributed by atoms with Crippen LogP contribution in [0, 0.1) is 0 Å². The number of carbonyl (C=O) groups excluding carboxylic acids is 5. The van der Waals surface area contributed by atoms with Crippen molar-refractivity contribution >= 4 is 194 Å². The summed E-state index contributed by atoms with van der Waals surface area (Å²) in [6.45, 7) is 1.13. The Bertz CT molecular complexity index is 1790. The molecule has 2 amide bonds. The van der Waals surface area contributed by atoms with Gasteiger partial charge < -0.3 is 35.3 Å². The maximum Gasteiger partial charge on any atom is 0.352 e. The molecule has 2 fully saturated rings. The quantitative estimate of drug-likeness (QED) is 0.0836. The van der Waals surface area contributed by atoms with Gasteiger partial charge in [-0.05, 0) is 29.8 Å². The molecule has 0 saturated carbocycles. The molecule has 16 nitrogen and oxygen atoms in total. The molecule has 4 aliphatic heterocycles. The number of rotatable bonds is 8. The van der Waals surface area contributed by atoms with Gasteiger partial charge in [-0.3, -0.25) is 46.7 Å². The number of amides is 2. The molecule has 2 saturated heterocycles. The maximum absolute atomic E-state index is 11.9. The largest absolute Gasteiger partial charge is 0.477 e. The zero-order valence-corrected chi connectivity index (χ0v) is 45.3. The number of hydrogen-bond donors (Lipinski definition) is 5. The van der Waals surface area contributed by atoms with Crippen molar-refractivity contribution in [2.24, 2.45) is 11.5 Å². The van der Waals surface area contributed by atoms with Gasteiger partial charge in [-0.15, -0.1) is 47.5 Å². The molecule has 2 aromatic rings. The van der Waals surface area contributed by atoms with Crippen LogP contribution in [0.4, 0.5) is 12.9 Å². The van der Waals surface area contributed by atoms with Crippen LogP contribution in [-0.4, -0.2) is 114 Å². The first-order valence-corrected chi connectivity index (χ1v) is 37.1. The fourth-order valence-corrected chi connectivity index (χ4v) is 8.22. The molecule has 58 heavy (non-hydrogen) atoms. The molecule has 4 unspecified atom stereocenters. The molecule has 0 aromatic carbocycles. The van der Waals surface area contributed by atoms with Crippen LogP contribution < -0.4 is 24.7 Å². The molecule has 0 radical (unpaired) electrons. The number of esters is 1. The van der Waals surface area contributed by atoms with E-state index >= 15 is 0 Å². The Morgan fingerprint density at radius 2 is 1.31 bits per heavy atom. The summed E-state index contributed by atoms with van der Waals surface area (Å²) in [7, 11) is -3.67. The zero-order chi connectivity index (χ0) is 43.6. The van der Waals surface area contributed by atoms with Gasteiger partial charge in [-0.2, -0.15) is 0 Å². The summed E-state index contributed by atoms with van der Waals surface area (Å²) in [4.78, 5) is 81.3. The SMILES string of the molecule is CC(=O)OCC1=C(C(=O)O)N2C(=O)C(N)C2SC1.FB(F)F.I.II.I[I-]I.NC1C(=O)N2C(C(=O)O)=C(CSC(=O)c3ccco3)CSC12.O=C(S)c1ccco1. The first-order valence-electron chi connectivity index (χ1n) is 14.7. The van der Waals surface area contributed by atoms with Gasteiger partial charge >= 0.3 is 75.9 Å². The van der Waals surface area contributed by atoms with Crippen LogP contribution in [0.15, 0.2) is 68.2 Å². The number of thioether (sulfide) groups is 3. The smallest absolute Gasteiger partial charge is 0.352 e. The molecular formula is C28H29BF3I6N4O12S4-. The number of carbonyl (C=O) groups is 7. The Morgan fingerprint density at radius 3 is 1.66 bits per heavy atom. The van der Waals surface area contributed by atoms with Gasteiger partial charge in [0.1, 0.15) is 40.8 Å². The van der Waals surface area contributed by atoms with Crippen molar-refractivity contribution in [2.75, 3.05) is 23.9 Å². The van der Waals surface area contributed by atoms with Crippen molar-refractivity contribution in [2.45, 2.75) is 29.8 Å². The number of hydrogen-bond acceptors (Lipinski definition) is 15. The molecule has 324 valence electrons. The van der Waals surface area contributed by atoms with E-state index < -0.39 is 49.4 Å². The third kappa shape index (κ3) is 17.8. The average molecular weight is 1570 g/mol. The van der Waals surface area contributed by atoms with Crippen molar-refractivity contribution in [3.63, 3.8) is 0 Å². The second kappa shape index (κ2) is 30.4. The van der Waals surface area contributed by atoms with Crippen LogP contribution >= 0.6 is 146 Å². The first-order chi connectivity index (χ1) is 26.9. The number of aliphatic carboxylic acids is 2. The van der Waals surface area contributed by atoms with Gasteiger partial charge in [0.15, 0.2) is 11.5 Å². The number of thiol groups is 1. The van der Waals surface area contributed by atoms with E-state index in [9.17, 15) is 51.6 Å². The fourth-order valence-electron chi connectivity index (χ4n) is 4.59. The van der Waals surface area contributed by atoms with Crippen molar-refractivity contribution in [3.8, 4) is 0 Å². The van der Waals surface area contributed by atoms with E-state index in [-0.39, 0.29) is 80.2 Å². The Hall–Kier alpha value is 0.285. The molecule has 6 rings (SSSR count). The molecule has 6 N–H and O–H groups in total. The van der Waals surface area contributed by atoms with E-state index in [4.69, 9.17) is 25.7 Å². The third-order valence-electron chi connectivity index (χ3n) is 6.86. The number of furan rings is 2. The van der Waals surface area contributed by atoms with Gasteiger partial charge in [0.25, 0.3) is 10.2 Å². The molecule has 0 spiro atoms. The van der Waals surface area contributed by atoms with E-state index in [0.29, 0.717) is 35.9 Å². The van der Waals surface area contributed by atoms with Gasteiger partial charge in [0.2, 0.25) is 11.8 Å². The predicted octanol–water partition coefficient (Wildman–Crippen LogP) is 3.26. The molecule has 30 heteroatoms. The predicted molar refractivity (Wildman–Crippen MR) is 256 cm³/mol. The van der Waals surface area contributed by atoms with Crippen molar-refractivity contribution in [3.05, 3.63) is 70.9 Å². The maximum atomic E-state index is 11.9. The number of nitrogens with zero attached hydrogens (tertiary/aromatic N) is 2. The van der Waals surface area contributed by atoms with Gasteiger partial charge in [-0.1, -0.05) is 24.4 Å². The number of carboxylic acids is 2. The van der Waals surface area contributed by atoms with Crippen LogP contribution in [0.1, 0.15) is 28.0 Å². The number of halogens is 9. The molecule has 0 bridgehead atoms. The van der Waals surface area contributed by atoms with Gasteiger partial charge in [0.05, 0.1) is 12.5 Å². The van der Waals surface area contributed by atoms with Crippen molar-refractivity contribution in [1.82, 2.24) is 9.80 Å². The molecule has 6 heterocycles. The molecule has 4 atom stereocenters. The number of fused-ring (bicyclic) bond motifs is 2. The van der Waals surface area contributed by atoms with Crippen molar-refractivity contribution < 1.29 is 83.5 Å². The van der Waals surface area contributed by atoms with Crippen LogP contribution in [-0.2, 0) is 28.7 Å². The third-order valence-corrected chi connectivity index (χ3v) is 10.8. The van der Waals surface area contributed by atoms with Crippen LogP contribution in [0.3, 0.4) is 0 Å². The average Bonchev–Trinajstić information content (AvgIpc) is 3.92. The number of carboxylic acid groups (broad SMARTS) is 2. The Balaban J connectivity index is 0.000000805. The first kappa shape index (κ1) is 58.3. The minimum absolute atomic E-state index is 0. The number of β-lactam (4-membered cyclic amide) rings is 2. The fraction of sp³-hybridized carbons (Fsp3) is 0.321. The monoisotopic (exact) mass is 1570 g/mol. The summed E-state index contributed by atoms with van der Waals surface area (Å²) in [5.74, 6) is -2.17. The molecule has 4 aliphatic rings. The second-order valence-electron chi connectivity index (χ2n) is 10.3. The minimum atomic E-state index is -3.67. The summed E-state index contributed by atoms with van der Waals surface area (Å²) in [6, 6.07) is 5.05. The molecule has 0 aliphatic carbocycles. The summed E-state index contributed by atoms with van der Waals surface area (Å²) in [5.41, 5.74) is 12.1. The topological polar surface area (TPSA) is 254 Å². The minimum Gasteiger partial charge on any atom is -0.477 e. The normalized spacial score (nSPS) is 19.6. The van der Waals surface area contributed by atoms with E-state index in [0.717, 1.165) is 11.8 Å². The summed E-state index contributed by atoms with van der Waals surface area (Å²) >= 11 is 16.8. The Labute approximate surface area is 417 Å². The van der Waals surface area contributed by atoms with Crippen LogP contribution in [0.2, 0.25) is 0 Å². The standard InChI is InChI=1S/C13H12N2O5S2.C10H12N2O5S.C5H4O2S.BF3.I3.I2.HI/c14-8-10(16)15-9(12(17)18)6(4-21-11(8)15)5-22-13(19)7-2-1-3-20-7;1-4(13)17-2-5-3-18-9-6(11)8(14)12(9)7(5)10(15)16;6-5(8)4-2-1-3-7-4;2-1(3)4;1-3-2;1-2;/h1-3,8,11H,4-5,14H2,(H,17,18);6,9H,2-3,11H2,1H3,(H,15,16);1-3H,(H,6,8);;;;1H/q;;;;-1;;. The van der Waals surface area contributed by atoms with E-state index in [2.05, 4.69) is 91.5 Å². The van der Waals surface area contributed by atoms with Gasteiger partial charge in [-0.25, -0.2) is 9.59 Å². The Kier molecular flexibility index (Phi) is 30.5. The summed E-state index contributed by atoms with van der Waals surface area (Å²) in [6.07, 6.45) is 2.83. The zero-order valence-electron chi connectivity index (χ0n) is 28.8. The van der Waals surface area contributed by atoms with Crippen LogP contribution in [0.5, 0.6) is 0 Å². The van der Waals surface area contributed by atoms with Gasteiger partial charge in [0, 0.05) is 67.0 Å². The van der Waals surface area contributed by atoms with E-state index in [1.807, 2.05) is 0 Å². The van der Waals surface area contributed by atoms with Crippen molar-refractivity contribution in [1.29, 1.82) is 0 Å². The van der Waals surface area contributed by atoms with E-state index in [1.54, 1.807) is 24.3 Å². The second-order valence-corrected chi connectivity index (χ2v) is 30.1.